The minimum absolute atomic E-state index is 0.463. The highest BCUT2D eigenvalue weighted by atomic mass is 32.1. The van der Waals surface area contributed by atoms with E-state index in [1.807, 2.05) is 0 Å². The van der Waals surface area contributed by atoms with E-state index in [1.165, 1.54) is 10.6 Å². The molecule has 2 aromatic rings. The van der Waals surface area contributed by atoms with Gasteiger partial charge in [0, 0.05) is 30.8 Å². The lowest BCUT2D eigenvalue weighted by atomic mass is 10.1. The molecule has 4 heteroatoms. The van der Waals surface area contributed by atoms with Crippen LogP contribution in [0.15, 0.2) is 35.7 Å². The summed E-state index contributed by atoms with van der Waals surface area (Å²) in [4.78, 5) is 7.18. The number of nitrogens with two attached hydrogens (primary N) is 1. The van der Waals surface area contributed by atoms with Crippen LogP contribution in [0.4, 0.5) is 0 Å². The van der Waals surface area contributed by atoms with E-state index < -0.39 is 0 Å². The fraction of sp³-hybridized carbons (Fsp3) is 0.471. The first kappa shape index (κ1) is 16.1. The van der Waals surface area contributed by atoms with Gasteiger partial charge in [0.1, 0.15) is 0 Å². The maximum Gasteiger partial charge on any atom is 0.0969 e. The monoisotopic (exact) mass is 303 g/mol. The number of aromatic nitrogens is 1. The Balaban J connectivity index is 1.93. The van der Waals surface area contributed by atoms with Crippen molar-refractivity contribution in [3.63, 3.8) is 0 Å². The highest BCUT2D eigenvalue weighted by Crippen LogP contribution is 2.22. The van der Waals surface area contributed by atoms with Gasteiger partial charge in [-0.25, -0.2) is 4.98 Å². The van der Waals surface area contributed by atoms with Gasteiger partial charge >= 0.3 is 0 Å². The Morgan fingerprint density at radius 2 is 2.05 bits per heavy atom. The van der Waals surface area contributed by atoms with E-state index in [9.17, 15) is 0 Å². The summed E-state index contributed by atoms with van der Waals surface area (Å²) < 4.78 is 0. The van der Waals surface area contributed by atoms with Crippen molar-refractivity contribution in [1.29, 1.82) is 0 Å². The van der Waals surface area contributed by atoms with E-state index >= 15 is 0 Å². The third-order valence-electron chi connectivity index (χ3n) is 3.62. The van der Waals surface area contributed by atoms with Crippen molar-refractivity contribution in [2.24, 2.45) is 5.73 Å². The molecule has 114 valence electrons. The van der Waals surface area contributed by atoms with Crippen molar-refractivity contribution in [2.75, 3.05) is 19.6 Å². The van der Waals surface area contributed by atoms with Crippen LogP contribution in [0.2, 0.25) is 0 Å². The van der Waals surface area contributed by atoms with Crippen LogP contribution in [0.3, 0.4) is 0 Å². The topological polar surface area (TPSA) is 42.2 Å². The van der Waals surface area contributed by atoms with E-state index in [1.54, 1.807) is 11.3 Å². The molecule has 0 radical (unpaired) electrons. The predicted molar refractivity (Wildman–Crippen MR) is 90.7 cm³/mol. The zero-order valence-corrected chi connectivity index (χ0v) is 13.8. The lowest BCUT2D eigenvalue weighted by Crippen LogP contribution is -2.27. The van der Waals surface area contributed by atoms with Crippen LogP contribution in [0.1, 0.15) is 36.0 Å². The molecule has 1 aromatic carbocycles. The number of rotatable bonds is 8. The molecule has 0 saturated carbocycles. The van der Waals surface area contributed by atoms with Gasteiger partial charge in [-0.2, -0.15) is 0 Å². The zero-order valence-electron chi connectivity index (χ0n) is 13.0. The van der Waals surface area contributed by atoms with Crippen molar-refractivity contribution in [2.45, 2.75) is 32.7 Å². The molecule has 0 aliphatic carbocycles. The molecule has 2 rings (SSSR count). The fourth-order valence-electron chi connectivity index (χ4n) is 2.42. The summed E-state index contributed by atoms with van der Waals surface area (Å²) in [6.07, 6.45) is 0.880. The second kappa shape index (κ2) is 8.27. The standard InChI is InChI=1S/C17H25N3S/c1-3-20(12-15-7-5-4-6-8-15)11-14(2)17-19-16(9-10-18)13-21-17/h4-8,13-14H,3,9-12,18H2,1-2H3. The fourth-order valence-corrected chi connectivity index (χ4v) is 3.33. The first-order valence-electron chi connectivity index (χ1n) is 7.63. The minimum atomic E-state index is 0.463. The quantitative estimate of drug-likeness (QED) is 0.814. The Morgan fingerprint density at radius 1 is 1.29 bits per heavy atom. The average Bonchev–Trinajstić information content (AvgIpc) is 2.97. The Labute approximate surface area is 131 Å². The Bertz CT molecular complexity index is 524. The average molecular weight is 303 g/mol. The van der Waals surface area contributed by atoms with Crippen molar-refractivity contribution >= 4 is 11.3 Å². The second-order valence-corrected chi connectivity index (χ2v) is 6.32. The van der Waals surface area contributed by atoms with Gasteiger partial charge in [0.2, 0.25) is 0 Å². The van der Waals surface area contributed by atoms with Gasteiger partial charge in [-0.15, -0.1) is 11.3 Å². The molecule has 1 unspecified atom stereocenters. The number of hydrogen-bond donors (Lipinski definition) is 1. The molecule has 1 atom stereocenters. The normalized spacial score (nSPS) is 12.8. The van der Waals surface area contributed by atoms with Crippen molar-refractivity contribution in [3.05, 3.63) is 52.0 Å². The summed E-state index contributed by atoms with van der Waals surface area (Å²) in [5.41, 5.74) is 8.10. The van der Waals surface area contributed by atoms with E-state index in [-0.39, 0.29) is 0 Å². The molecule has 0 aliphatic rings. The third kappa shape index (κ3) is 4.92. The van der Waals surface area contributed by atoms with E-state index in [0.29, 0.717) is 12.5 Å². The summed E-state index contributed by atoms with van der Waals surface area (Å²) >= 11 is 1.76. The highest BCUT2D eigenvalue weighted by molar-refractivity contribution is 7.09. The van der Waals surface area contributed by atoms with E-state index in [4.69, 9.17) is 10.7 Å². The second-order valence-electron chi connectivity index (χ2n) is 5.43. The van der Waals surface area contributed by atoms with Crippen molar-refractivity contribution < 1.29 is 0 Å². The van der Waals surface area contributed by atoms with Crippen LogP contribution in [-0.2, 0) is 13.0 Å². The summed E-state index contributed by atoms with van der Waals surface area (Å²) in [6.45, 7) is 8.26. The Kier molecular flexibility index (Phi) is 6.36. The van der Waals surface area contributed by atoms with Crippen LogP contribution in [0.25, 0.3) is 0 Å². The Hall–Kier alpha value is -1.23. The van der Waals surface area contributed by atoms with Gasteiger partial charge in [-0.05, 0) is 18.7 Å². The number of hydrogen-bond acceptors (Lipinski definition) is 4. The Morgan fingerprint density at radius 3 is 2.71 bits per heavy atom. The molecule has 0 saturated heterocycles. The predicted octanol–water partition coefficient (Wildman–Crippen LogP) is 3.27. The van der Waals surface area contributed by atoms with E-state index in [0.717, 1.165) is 31.7 Å². The van der Waals surface area contributed by atoms with Gasteiger partial charge in [0.15, 0.2) is 0 Å². The summed E-state index contributed by atoms with van der Waals surface area (Å²) in [7, 11) is 0. The molecule has 3 nitrogen and oxygen atoms in total. The van der Waals surface area contributed by atoms with Crippen LogP contribution in [0, 0.1) is 0 Å². The highest BCUT2D eigenvalue weighted by Gasteiger charge is 2.14. The number of thiazole rings is 1. The van der Waals surface area contributed by atoms with E-state index in [2.05, 4.69) is 54.5 Å². The first-order valence-corrected chi connectivity index (χ1v) is 8.51. The molecule has 2 N–H and O–H groups in total. The molecule has 1 aromatic heterocycles. The van der Waals surface area contributed by atoms with Crippen molar-refractivity contribution in [1.82, 2.24) is 9.88 Å². The maximum atomic E-state index is 5.59. The SMILES string of the molecule is CCN(Cc1ccccc1)CC(C)c1nc(CCN)cs1. The summed E-state index contributed by atoms with van der Waals surface area (Å²) in [6, 6.07) is 10.7. The van der Waals surface area contributed by atoms with Crippen LogP contribution < -0.4 is 5.73 Å². The number of benzene rings is 1. The maximum absolute atomic E-state index is 5.59. The molecule has 0 bridgehead atoms. The van der Waals surface area contributed by atoms with Gasteiger partial charge < -0.3 is 5.73 Å². The molecule has 21 heavy (non-hydrogen) atoms. The van der Waals surface area contributed by atoms with Gasteiger partial charge in [-0.1, -0.05) is 44.2 Å². The summed E-state index contributed by atoms with van der Waals surface area (Å²) in [5, 5.41) is 3.37. The van der Waals surface area contributed by atoms with Crippen LogP contribution >= 0.6 is 11.3 Å². The molecule has 0 fully saturated rings. The first-order chi connectivity index (χ1) is 10.2. The summed E-state index contributed by atoms with van der Waals surface area (Å²) in [5.74, 6) is 0.463. The molecule has 0 aliphatic heterocycles. The third-order valence-corrected chi connectivity index (χ3v) is 4.74. The lowest BCUT2D eigenvalue weighted by molar-refractivity contribution is 0.266. The molecule has 0 spiro atoms. The largest absolute Gasteiger partial charge is 0.330 e. The number of likely N-dealkylation sites (N-methyl/N-ethyl adjacent to an activating group) is 1. The zero-order chi connectivity index (χ0) is 15.1. The molecule has 1 heterocycles. The minimum Gasteiger partial charge on any atom is -0.330 e. The van der Waals surface area contributed by atoms with Gasteiger partial charge in [0.25, 0.3) is 0 Å². The van der Waals surface area contributed by atoms with Gasteiger partial charge in [-0.3, -0.25) is 4.90 Å². The molecule has 0 amide bonds. The van der Waals surface area contributed by atoms with Crippen LogP contribution in [0.5, 0.6) is 0 Å². The lowest BCUT2D eigenvalue weighted by Gasteiger charge is -2.23. The van der Waals surface area contributed by atoms with Crippen LogP contribution in [-0.4, -0.2) is 29.5 Å². The molecular formula is C17H25N3S. The molecular weight excluding hydrogens is 278 g/mol. The van der Waals surface area contributed by atoms with Crippen molar-refractivity contribution in [3.8, 4) is 0 Å². The number of nitrogens with zero attached hydrogens (tertiary/aromatic N) is 2. The van der Waals surface area contributed by atoms with Gasteiger partial charge in [0.05, 0.1) is 10.7 Å². The smallest absolute Gasteiger partial charge is 0.0969 e.